The fraction of sp³-hybridized carbons (Fsp3) is 0.278. The van der Waals surface area contributed by atoms with Gasteiger partial charge >= 0.3 is 0 Å². The molecule has 0 aromatic heterocycles. The summed E-state index contributed by atoms with van der Waals surface area (Å²) in [5, 5.41) is 2.90. The first-order chi connectivity index (χ1) is 11.6. The number of likely N-dealkylation sites (N-methyl/N-ethyl adjacent to an activating group) is 1. The summed E-state index contributed by atoms with van der Waals surface area (Å²) in [7, 11) is 5.05. The molecule has 0 aliphatic carbocycles. The van der Waals surface area contributed by atoms with Crippen molar-refractivity contribution in [1.29, 1.82) is 0 Å². The molecule has 126 valence electrons. The SMILES string of the molecule is COc1cccc(OC)c1C(=O)Nc1ccc2c(c1)N(C)CCO2. The van der Waals surface area contributed by atoms with Crippen molar-refractivity contribution < 1.29 is 19.0 Å². The van der Waals surface area contributed by atoms with Gasteiger partial charge in [0.25, 0.3) is 5.91 Å². The number of anilines is 2. The van der Waals surface area contributed by atoms with Crippen molar-refractivity contribution in [1.82, 2.24) is 0 Å². The summed E-state index contributed by atoms with van der Waals surface area (Å²) in [4.78, 5) is 14.8. The van der Waals surface area contributed by atoms with Crippen LogP contribution in [-0.2, 0) is 0 Å². The number of benzene rings is 2. The number of carbonyl (C=O) groups is 1. The van der Waals surface area contributed by atoms with Crippen LogP contribution in [0.5, 0.6) is 17.2 Å². The van der Waals surface area contributed by atoms with Gasteiger partial charge in [0, 0.05) is 12.7 Å². The van der Waals surface area contributed by atoms with Gasteiger partial charge in [0.1, 0.15) is 29.4 Å². The van der Waals surface area contributed by atoms with Gasteiger partial charge in [-0.1, -0.05) is 6.07 Å². The number of methoxy groups -OCH3 is 2. The van der Waals surface area contributed by atoms with E-state index < -0.39 is 0 Å². The number of hydrogen-bond acceptors (Lipinski definition) is 5. The zero-order valence-electron chi connectivity index (χ0n) is 14.0. The van der Waals surface area contributed by atoms with Gasteiger partial charge in [-0.3, -0.25) is 4.79 Å². The average Bonchev–Trinajstić information content (AvgIpc) is 2.61. The summed E-state index contributed by atoms with van der Waals surface area (Å²) < 4.78 is 16.2. The van der Waals surface area contributed by atoms with E-state index in [1.54, 1.807) is 18.2 Å². The summed E-state index contributed by atoms with van der Waals surface area (Å²) >= 11 is 0. The fourth-order valence-electron chi connectivity index (χ4n) is 2.70. The molecule has 0 spiro atoms. The smallest absolute Gasteiger partial charge is 0.263 e. The van der Waals surface area contributed by atoms with Crippen LogP contribution in [0.3, 0.4) is 0 Å². The van der Waals surface area contributed by atoms with Gasteiger partial charge in [0.15, 0.2) is 0 Å². The lowest BCUT2D eigenvalue weighted by Gasteiger charge is -2.28. The van der Waals surface area contributed by atoms with E-state index in [0.29, 0.717) is 29.4 Å². The van der Waals surface area contributed by atoms with Crippen LogP contribution >= 0.6 is 0 Å². The van der Waals surface area contributed by atoms with Crippen molar-refractivity contribution in [3.8, 4) is 17.2 Å². The number of rotatable bonds is 4. The van der Waals surface area contributed by atoms with Crippen molar-refractivity contribution >= 4 is 17.3 Å². The second kappa shape index (κ2) is 6.70. The van der Waals surface area contributed by atoms with Crippen molar-refractivity contribution in [3.05, 3.63) is 42.0 Å². The number of nitrogens with zero attached hydrogens (tertiary/aromatic N) is 1. The summed E-state index contributed by atoms with van der Waals surface area (Å²) in [6.45, 7) is 1.47. The summed E-state index contributed by atoms with van der Waals surface area (Å²) in [6.07, 6.45) is 0. The van der Waals surface area contributed by atoms with Gasteiger partial charge in [-0.25, -0.2) is 0 Å². The van der Waals surface area contributed by atoms with Gasteiger partial charge in [-0.05, 0) is 30.3 Å². The molecule has 1 N–H and O–H groups in total. The minimum atomic E-state index is -0.288. The molecule has 1 aliphatic rings. The Labute approximate surface area is 140 Å². The zero-order chi connectivity index (χ0) is 17.1. The van der Waals surface area contributed by atoms with Crippen LogP contribution in [0.1, 0.15) is 10.4 Å². The molecule has 0 radical (unpaired) electrons. The first-order valence-electron chi connectivity index (χ1n) is 7.64. The molecule has 6 heteroatoms. The van der Waals surface area contributed by atoms with Crippen LogP contribution < -0.4 is 24.4 Å². The molecule has 6 nitrogen and oxygen atoms in total. The number of ether oxygens (including phenoxy) is 3. The normalized spacial score (nSPS) is 12.9. The number of carbonyl (C=O) groups excluding carboxylic acids is 1. The highest BCUT2D eigenvalue weighted by Gasteiger charge is 2.20. The summed E-state index contributed by atoms with van der Waals surface area (Å²) in [6, 6.07) is 10.8. The third kappa shape index (κ3) is 2.95. The van der Waals surface area contributed by atoms with Crippen molar-refractivity contribution in [2.24, 2.45) is 0 Å². The van der Waals surface area contributed by atoms with Crippen LogP contribution in [-0.4, -0.2) is 40.3 Å². The molecule has 2 aromatic rings. The van der Waals surface area contributed by atoms with E-state index >= 15 is 0 Å². The largest absolute Gasteiger partial charge is 0.496 e. The lowest BCUT2D eigenvalue weighted by molar-refractivity contribution is 0.102. The molecule has 1 aliphatic heterocycles. The monoisotopic (exact) mass is 328 g/mol. The molecule has 0 saturated heterocycles. The molecule has 0 unspecified atom stereocenters. The standard InChI is InChI=1S/C18H20N2O4/c1-20-9-10-24-14-8-7-12(11-13(14)20)19-18(21)17-15(22-2)5-4-6-16(17)23-3/h4-8,11H,9-10H2,1-3H3,(H,19,21). The van der Waals surface area contributed by atoms with E-state index in [4.69, 9.17) is 14.2 Å². The maximum atomic E-state index is 12.7. The van der Waals surface area contributed by atoms with Crippen LogP contribution in [0.4, 0.5) is 11.4 Å². The Bertz CT molecular complexity index is 738. The average molecular weight is 328 g/mol. The Kier molecular flexibility index (Phi) is 4.46. The Hall–Kier alpha value is -2.89. The lowest BCUT2D eigenvalue weighted by Crippen LogP contribution is -2.28. The maximum absolute atomic E-state index is 12.7. The molecule has 3 rings (SSSR count). The Morgan fingerprint density at radius 1 is 1.17 bits per heavy atom. The van der Waals surface area contributed by atoms with Crippen LogP contribution in [0, 0.1) is 0 Å². The van der Waals surface area contributed by atoms with E-state index in [-0.39, 0.29) is 5.91 Å². The van der Waals surface area contributed by atoms with Gasteiger partial charge in [-0.2, -0.15) is 0 Å². The zero-order valence-corrected chi connectivity index (χ0v) is 14.0. The predicted octanol–water partition coefficient (Wildman–Crippen LogP) is 2.78. The van der Waals surface area contributed by atoms with E-state index in [1.807, 2.05) is 25.2 Å². The van der Waals surface area contributed by atoms with Crippen LogP contribution in [0.15, 0.2) is 36.4 Å². The van der Waals surface area contributed by atoms with Crippen LogP contribution in [0.2, 0.25) is 0 Å². The molecule has 0 bridgehead atoms. The minimum absolute atomic E-state index is 0.288. The minimum Gasteiger partial charge on any atom is -0.496 e. The summed E-state index contributed by atoms with van der Waals surface area (Å²) in [5.41, 5.74) is 2.00. The number of hydrogen-bond donors (Lipinski definition) is 1. The van der Waals surface area contributed by atoms with E-state index in [0.717, 1.165) is 18.0 Å². The number of fused-ring (bicyclic) bond motifs is 1. The molecule has 0 saturated carbocycles. The van der Waals surface area contributed by atoms with Gasteiger partial charge in [-0.15, -0.1) is 0 Å². The van der Waals surface area contributed by atoms with Gasteiger partial charge in [0.2, 0.25) is 0 Å². The quantitative estimate of drug-likeness (QED) is 0.935. The third-order valence-corrected chi connectivity index (χ3v) is 3.97. The summed E-state index contributed by atoms with van der Waals surface area (Å²) in [5.74, 6) is 1.45. The Morgan fingerprint density at radius 2 is 1.88 bits per heavy atom. The molecule has 0 fully saturated rings. The topological polar surface area (TPSA) is 60.0 Å². The van der Waals surface area contributed by atoms with Crippen molar-refractivity contribution in [3.63, 3.8) is 0 Å². The van der Waals surface area contributed by atoms with Gasteiger partial charge in [0.05, 0.1) is 26.5 Å². The molecule has 2 aromatic carbocycles. The second-order valence-corrected chi connectivity index (χ2v) is 5.44. The molecule has 1 heterocycles. The predicted molar refractivity (Wildman–Crippen MR) is 92.7 cm³/mol. The highest BCUT2D eigenvalue weighted by atomic mass is 16.5. The molecule has 0 atom stereocenters. The first kappa shape index (κ1) is 16.0. The van der Waals surface area contributed by atoms with E-state index in [1.165, 1.54) is 14.2 Å². The third-order valence-electron chi connectivity index (χ3n) is 3.97. The molecule has 24 heavy (non-hydrogen) atoms. The molecule has 1 amide bonds. The number of nitrogens with one attached hydrogen (secondary N) is 1. The highest BCUT2D eigenvalue weighted by Crippen LogP contribution is 2.34. The first-order valence-corrected chi connectivity index (χ1v) is 7.64. The van der Waals surface area contributed by atoms with Crippen molar-refractivity contribution in [2.75, 3.05) is 44.6 Å². The second-order valence-electron chi connectivity index (χ2n) is 5.44. The highest BCUT2D eigenvalue weighted by molar-refractivity contribution is 6.08. The van der Waals surface area contributed by atoms with Crippen molar-refractivity contribution in [2.45, 2.75) is 0 Å². The van der Waals surface area contributed by atoms with Gasteiger partial charge < -0.3 is 24.4 Å². The maximum Gasteiger partial charge on any atom is 0.263 e. The molecular formula is C18H20N2O4. The molecular weight excluding hydrogens is 308 g/mol. The van der Waals surface area contributed by atoms with E-state index in [9.17, 15) is 4.79 Å². The fourth-order valence-corrected chi connectivity index (χ4v) is 2.70. The number of amides is 1. The lowest BCUT2D eigenvalue weighted by atomic mass is 10.1. The Balaban J connectivity index is 1.90. The Morgan fingerprint density at radius 3 is 2.54 bits per heavy atom. The van der Waals surface area contributed by atoms with E-state index in [2.05, 4.69) is 10.2 Å². The van der Waals surface area contributed by atoms with Crippen LogP contribution in [0.25, 0.3) is 0 Å².